The van der Waals surface area contributed by atoms with Crippen LogP contribution in [0.4, 0.5) is 8.78 Å². The van der Waals surface area contributed by atoms with Gasteiger partial charge in [0.1, 0.15) is 22.3 Å². The number of nitrogens with zero attached hydrogens (tertiary/aromatic N) is 1. The Balaban J connectivity index is 1.55. The van der Waals surface area contributed by atoms with Crippen molar-refractivity contribution < 1.29 is 23.1 Å². The zero-order valence-corrected chi connectivity index (χ0v) is 24.2. The molecular weight excluding hydrogens is 552 g/mol. The second kappa shape index (κ2) is 11.7. The Bertz CT molecular complexity index is 1580. The molecule has 1 amide bonds. The molecule has 1 heterocycles. The molecule has 0 unspecified atom stereocenters. The molecule has 0 aliphatic heterocycles. The van der Waals surface area contributed by atoms with Crippen molar-refractivity contribution in [2.45, 2.75) is 52.1 Å². The topological polar surface area (TPSA) is 46.6 Å². The molecule has 40 heavy (non-hydrogen) atoms. The summed E-state index contributed by atoms with van der Waals surface area (Å²) in [5.74, 6) is -0.406. The number of rotatable bonds is 7. The van der Waals surface area contributed by atoms with E-state index in [4.69, 9.17) is 16.3 Å². The maximum Gasteiger partial charge on any atom is 0.266 e. The lowest BCUT2D eigenvalue weighted by Gasteiger charge is -2.36. The summed E-state index contributed by atoms with van der Waals surface area (Å²) < 4.78 is 34.9. The summed E-state index contributed by atoms with van der Waals surface area (Å²) in [6.07, 6.45) is 3.62. The van der Waals surface area contributed by atoms with E-state index in [1.54, 1.807) is 24.1 Å². The summed E-state index contributed by atoms with van der Waals surface area (Å²) in [6, 6.07) is 15.2. The number of ether oxygens (including phenoxy) is 1. The fraction of sp³-hybridized carbons (Fsp3) is 0.312. The van der Waals surface area contributed by atoms with Gasteiger partial charge >= 0.3 is 0 Å². The van der Waals surface area contributed by atoms with E-state index in [1.165, 1.54) is 6.92 Å². The minimum atomic E-state index is -0.653. The minimum Gasteiger partial charge on any atom is -0.496 e. The second-order valence-corrected chi connectivity index (χ2v) is 11.9. The highest BCUT2D eigenvalue weighted by Crippen LogP contribution is 2.41. The Morgan fingerprint density at radius 1 is 0.975 bits per heavy atom. The fourth-order valence-electron chi connectivity index (χ4n) is 5.45. The Kier molecular flexibility index (Phi) is 8.24. The van der Waals surface area contributed by atoms with Gasteiger partial charge in [0.15, 0.2) is 5.78 Å². The van der Waals surface area contributed by atoms with Crippen LogP contribution in [0.15, 0.2) is 54.6 Å². The van der Waals surface area contributed by atoms with E-state index in [-0.39, 0.29) is 44.3 Å². The molecule has 3 aromatic carbocycles. The number of fused-ring (bicyclic) bond motifs is 1. The summed E-state index contributed by atoms with van der Waals surface area (Å²) in [4.78, 5) is 27.8. The normalized spacial score (nSPS) is 17.1. The van der Waals surface area contributed by atoms with Crippen molar-refractivity contribution in [3.8, 4) is 16.9 Å². The number of benzene rings is 3. The third-order valence-electron chi connectivity index (χ3n) is 7.81. The molecule has 1 aliphatic carbocycles. The standard InChI is InChI=1S/C32H30ClF2NO3S/c1-18-4-11-24(12-5-18)36(32(38)31-29(33)28-25(34)13-14-26(35)30(28)40-31)17-23-16-22(10-15-27(23)39-3)21-8-6-20(7-9-21)19(2)37/h6-10,13-16,18,24H,4-5,11-12,17H2,1-3H3. The Hall–Kier alpha value is -3.29. The zero-order chi connectivity index (χ0) is 28.6. The summed E-state index contributed by atoms with van der Waals surface area (Å²) >= 11 is 7.44. The van der Waals surface area contributed by atoms with Gasteiger partial charge in [-0.2, -0.15) is 0 Å². The number of hydrogen-bond acceptors (Lipinski definition) is 4. The first kappa shape index (κ1) is 28.2. The number of thiophene rings is 1. The van der Waals surface area contributed by atoms with Gasteiger partial charge in [-0.3, -0.25) is 9.59 Å². The van der Waals surface area contributed by atoms with Crippen LogP contribution in [-0.4, -0.2) is 29.7 Å². The fourth-order valence-corrected chi connectivity index (χ4v) is 6.95. The number of carbonyl (C=O) groups is 2. The molecule has 1 saturated carbocycles. The predicted molar refractivity (Wildman–Crippen MR) is 156 cm³/mol. The van der Waals surface area contributed by atoms with Crippen molar-refractivity contribution in [3.05, 3.63) is 87.3 Å². The first-order valence-corrected chi connectivity index (χ1v) is 14.5. The summed E-state index contributed by atoms with van der Waals surface area (Å²) in [6.45, 7) is 3.99. The van der Waals surface area contributed by atoms with E-state index in [0.717, 1.165) is 65.8 Å². The molecule has 0 radical (unpaired) electrons. The summed E-state index contributed by atoms with van der Waals surface area (Å²) in [5, 5.41) is -0.108. The number of ketones is 1. The van der Waals surface area contributed by atoms with Crippen LogP contribution >= 0.6 is 22.9 Å². The first-order chi connectivity index (χ1) is 19.2. The number of methoxy groups -OCH3 is 1. The van der Waals surface area contributed by atoms with E-state index in [2.05, 4.69) is 6.92 Å². The predicted octanol–water partition coefficient (Wildman–Crippen LogP) is 8.93. The maximum atomic E-state index is 14.6. The van der Waals surface area contributed by atoms with Gasteiger partial charge < -0.3 is 9.64 Å². The van der Waals surface area contributed by atoms with Gasteiger partial charge in [0, 0.05) is 23.7 Å². The van der Waals surface area contributed by atoms with Crippen molar-refractivity contribution in [3.63, 3.8) is 0 Å². The lowest BCUT2D eigenvalue weighted by molar-refractivity contribution is 0.0597. The van der Waals surface area contributed by atoms with Crippen LogP contribution in [0.5, 0.6) is 5.75 Å². The largest absolute Gasteiger partial charge is 0.496 e. The van der Waals surface area contributed by atoms with Crippen LogP contribution < -0.4 is 4.74 Å². The highest BCUT2D eigenvalue weighted by molar-refractivity contribution is 7.21. The van der Waals surface area contributed by atoms with E-state index < -0.39 is 11.6 Å². The van der Waals surface area contributed by atoms with Crippen molar-refractivity contribution >= 4 is 44.7 Å². The molecule has 5 rings (SSSR count). The Morgan fingerprint density at radius 2 is 1.62 bits per heavy atom. The molecule has 0 N–H and O–H groups in total. The van der Waals surface area contributed by atoms with Crippen LogP contribution in [0.3, 0.4) is 0 Å². The van der Waals surface area contributed by atoms with Crippen LogP contribution in [-0.2, 0) is 6.54 Å². The SMILES string of the molecule is COc1ccc(-c2ccc(C(C)=O)cc2)cc1CN(C(=O)c1sc2c(F)ccc(F)c2c1Cl)C1CCC(C)CC1. The molecule has 4 nitrogen and oxygen atoms in total. The van der Waals surface area contributed by atoms with Crippen molar-refractivity contribution in [2.24, 2.45) is 5.92 Å². The van der Waals surface area contributed by atoms with Crippen molar-refractivity contribution in [1.82, 2.24) is 4.90 Å². The molecule has 0 saturated heterocycles. The smallest absolute Gasteiger partial charge is 0.266 e. The average Bonchev–Trinajstić information content (AvgIpc) is 3.32. The van der Waals surface area contributed by atoms with Crippen molar-refractivity contribution in [2.75, 3.05) is 7.11 Å². The van der Waals surface area contributed by atoms with Crippen LogP contribution in [0.2, 0.25) is 5.02 Å². The van der Waals surface area contributed by atoms with Gasteiger partial charge in [-0.05, 0) is 73.9 Å². The number of carbonyl (C=O) groups excluding carboxylic acids is 2. The van der Waals surface area contributed by atoms with Gasteiger partial charge in [-0.15, -0.1) is 11.3 Å². The highest BCUT2D eigenvalue weighted by Gasteiger charge is 2.32. The number of halogens is 3. The average molecular weight is 582 g/mol. The number of Topliss-reactive ketones (excluding diaryl/α,β-unsaturated/α-hetero) is 1. The van der Waals surface area contributed by atoms with Crippen LogP contribution in [0, 0.1) is 17.6 Å². The van der Waals surface area contributed by atoms with E-state index >= 15 is 0 Å². The molecule has 0 spiro atoms. The van der Waals surface area contributed by atoms with Gasteiger partial charge in [0.25, 0.3) is 5.91 Å². The molecular formula is C32H30ClF2NO3S. The molecule has 1 aromatic heterocycles. The van der Waals surface area contributed by atoms with Gasteiger partial charge in [0.2, 0.25) is 0 Å². The van der Waals surface area contributed by atoms with Crippen LogP contribution in [0.1, 0.15) is 65.1 Å². The molecule has 1 aliphatic rings. The number of amides is 1. The zero-order valence-electron chi connectivity index (χ0n) is 22.6. The molecule has 208 valence electrons. The lowest BCUT2D eigenvalue weighted by atomic mass is 9.86. The third kappa shape index (κ3) is 5.50. The Labute approximate surface area is 241 Å². The molecule has 0 bridgehead atoms. The number of hydrogen-bond donors (Lipinski definition) is 0. The highest BCUT2D eigenvalue weighted by atomic mass is 35.5. The van der Waals surface area contributed by atoms with Gasteiger partial charge in [0.05, 0.1) is 22.2 Å². The first-order valence-electron chi connectivity index (χ1n) is 13.3. The third-order valence-corrected chi connectivity index (χ3v) is 9.49. The lowest BCUT2D eigenvalue weighted by Crippen LogP contribution is -2.41. The maximum absolute atomic E-state index is 14.6. The molecule has 8 heteroatoms. The Morgan fingerprint density at radius 3 is 2.25 bits per heavy atom. The second-order valence-electron chi connectivity index (χ2n) is 10.5. The molecule has 0 atom stereocenters. The molecule has 4 aromatic rings. The van der Waals surface area contributed by atoms with Gasteiger partial charge in [-0.1, -0.05) is 48.9 Å². The van der Waals surface area contributed by atoms with Crippen LogP contribution in [0.25, 0.3) is 21.2 Å². The summed E-state index contributed by atoms with van der Waals surface area (Å²) in [5.41, 5.74) is 3.28. The van der Waals surface area contributed by atoms with E-state index in [9.17, 15) is 18.4 Å². The monoisotopic (exact) mass is 581 g/mol. The minimum absolute atomic E-state index is 0.00224. The van der Waals surface area contributed by atoms with E-state index in [0.29, 0.717) is 17.2 Å². The van der Waals surface area contributed by atoms with E-state index in [1.807, 2.05) is 30.3 Å². The van der Waals surface area contributed by atoms with Gasteiger partial charge in [-0.25, -0.2) is 8.78 Å². The molecule has 1 fully saturated rings. The quantitative estimate of drug-likeness (QED) is 0.205. The van der Waals surface area contributed by atoms with Crippen molar-refractivity contribution in [1.29, 1.82) is 0 Å². The summed E-state index contributed by atoms with van der Waals surface area (Å²) in [7, 11) is 1.59.